The van der Waals surface area contributed by atoms with E-state index in [1.54, 1.807) is 0 Å². The molecule has 0 saturated carbocycles. The van der Waals surface area contributed by atoms with Crippen LogP contribution in [-0.2, 0) is 0 Å². The molecular formula is C6H24LiN3Si6. The third-order valence-corrected chi connectivity index (χ3v) is 88.3. The Morgan fingerprint density at radius 3 is 1.88 bits per heavy atom. The Morgan fingerprint density at radius 2 is 1.50 bits per heavy atom. The molecule has 0 N–H and O–H groups in total. The standard InChI is InChI=1S/C6H24N3Si6.Li/c1-10-12(3)14(5)15(6)13(4)11(2)9-8-7;/h10-15H,1-6H3;/q-1;+1. The second-order valence-corrected chi connectivity index (χ2v) is 53.3. The molecule has 3 nitrogen and oxygen atoms in total. The van der Waals surface area contributed by atoms with E-state index in [2.05, 4.69) is 49.0 Å². The van der Waals surface area contributed by atoms with Crippen molar-refractivity contribution in [2.45, 2.75) is 39.3 Å². The summed E-state index contributed by atoms with van der Waals surface area (Å²) in [4.78, 5) is 3.04. The molecule has 0 rings (SSSR count). The molecule has 0 aromatic carbocycles. The Morgan fingerprint density at radius 1 is 1.00 bits per heavy atom. The van der Waals surface area contributed by atoms with Crippen LogP contribution in [0.25, 0.3) is 10.4 Å². The van der Waals surface area contributed by atoms with Gasteiger partial charge in [-0.3, -0.25) is 9.04 Å². The van der Waals surface area contributed by atoms with Crippen molar-refractivity contribution in [3.63, 3.8) is 0 Å². The molecule has 0 aliphatic heterocycles. The first-order chi connectivity index (χ1) is 6.95. The fourth-order valence-corrected chi connectivity index (χ4v) is 114. The van der Waals surface area contributed by atoms with Crippen LogP contribution in [0.1, 0.15) is 0 Å². The van der Waals surface area contributed by atoms with E-state index in [0.717, 1.165) is 9.04 Å². The summed E-state index contributed by atoms with van der Waals surface area (Å²) in [5.74, 6) is 0. The molecule has 0 aromatic rings. The van der Waals surface area contributed by atoms with Gasteiger partial charge in [0.1, 0.15) is 8.48 Å². The predicted octanol–water partition coefficient (Wildman–Crippen LogP) is -2.62. The molecule has 88 valence electrons. The van der Waals surface area contributed by atoms with E-state index in [0.29, 0.717) is 0 Å². The zero-order valence-corrected chi connectivity index (χ0v) is 18.7. The molecule has 0 aromatic heterocycles. The minimum atomic E-state index is -0.987. The molecule has 5 unspecified atom stereocenters. The smallest absolute Gasteiger partial charge is 0.285 e. The van der Waals surface area contributed by atoms with Gasteiger partial charge in [0.05, 0.1) is 0 Å². The maximum absolute atomic E-state index is 8.52. The van der Waals surface area contributed by atoms with E-state index in [-0.39, 0.29) is 34.5 Å². The normalized spacial score (nSPS) is 19.6. The first-order valence-electron chi connectivity index (χ1n) is 5.79. The van der Waals surface area contributed by atoms with Gasteiger partial charge in [-0.1, -0.05) is 26.2 Å². The molecule has 0 fully saturated rings. The Hall–Kier alpha value is 1.21. The van der Waals surface area contributed by atoms with Crippen LogP contribution in [0.3, 0.4) is 0 Å². The van der Waals surface area contributed by atoms with Gasteiger partial charge in [-0.2, -0.15) is 6.55 Å². The van der Waals surface area contributed by atoms with E-state index >= 15 is 0 Å². The number of hydrogen-bond acceptors (Lipinski definition) is 1. The molecule has 0 amide bonds. The predicted molar refractivity (Wildman–Crippen MR) is 87.2 cm³/mol. The summed E-state index contributed by atoms with van der Waals surface area (Å²) in [6, 6.07) is 0. The second-order valence-electron chi connectivity index (χ2n) is 4.72. The fourth-order valence-electron chi connectivity index (χ4n) is 1.89. The van der Waals surface area contributed by atoms with Crippen LogP contribution in [0, 0.1) is 0 Å². The van der Waals surface area contributed by atoms with Crippen LogP contribution in [0.2, 0.25) is 39.3 Å². The average molecular weight is 314 g/mol. The Labute approximate surface area is 121 Å². The van der Waals surface area contributed by atoms with Crippen molar-refractivity contribution in [3.8, 4) is 0 Å². The molecule has 0 saturated heterocycles. The molecule has 0 heterocycles. The SMILES string of the molecule is C[SiH-][SiH](C)[SiH](C)[SiH](C)[SiH](C)[SiH](C)N=[N+]=[N-].[Li+]. The molecule has 0 aliphatic carbocycles. The van der Waals surface area contributed by atoms with Crippen molar-refractivity contribution < 1.29 is 18.9 Å². The number of hydrogen-bond donors (Lipinski definition) is 0. The third-order valence-electron chi connectivity index (χ3n) is 4.01. The maximum atomic E-state index is 8.52. The summed E-state index contributed by atoms with van der Waals surface area (Å²) in [5.41, 5.74) is 8.52. The topological polar surface area (TPSA) is 48.8 Å². The number of azide groups is 1. The quantitative estimate of drug-likeness (QED) is 0.223. The monoisotopic (exact) mass is 313 g/mol. The van der Waals surface area contributed by atoms with Gasteiger partial charge in [0.25, 0.3) is 0 Å². The van der Waals surface area contributed by atoms with Gasteiger partial charge in [-0.05, 0) is 18.3 Å². The van der Waals surface area contributed by atoms with Gasteiger partial charge in [-0.15, -0.1) is 19.2 Å². The van der Waals surface area contributed by atoms with Gasteiger partial charge in [-0.25, -0.2) is 0 Å². The van der Waals surface area contributed by atoms with Crippen LogP contribution in [0.5, 0.6) is 0 Å². The first-order valence-corrected chi connectivity index (χ1v) is 26.6. The summed E-state index contributed by atoms with van der Waals surface area (Å²) in [6.07, 6.45) is 0. The molecule has 5 atom stereocenters. The van der Waals surface area contributed by atoms with Crippen LogP contribution in [0.15, 0.2) is 4.78 Å². The van der Waals surface area contributed by atoms with Gasteiger partial charge in [0.15, 0.2) is 0 Å². The first kappa shape index (κ1) is 19.5. The van der Waals surface area contributed by atoms with Gasteiger partial charge < -0.3 is 0 Å². The van der Waals surface area contributed by atoms with Crippen molar-refractivity contribution in [3.05, 3.63) is 10.4 Å². The minimum Gasteiger partial charge on any atom is -0.285 e. The van der Waals surface area contributed by atoms with E-state index in [1.165, 1.54) is 0 Å². The molecule has 10 heteroatoms. The van der Waals surface area contributed by atoms with Gasteiger partial charge in [0, 0.05) is 15.7 Å². The van der Waals surface area contributed by atoms with Crippen molar-refractivity contribution >= 4 is 48.8 Å². The Kier molecular flexibility index (Phi) is 12.4. The average Bonchev–Trinajstić information content (AvgIpc) is 2.25. The minimum absolute atomic E-state index is 0. The van der Waals surface area contributed by atoms with Gasteiger partial charge in [0.2, 0.25) is 0 Å². The van der Waals surface area contributed by atoms with Crippen molar-refractivity contribution in [1.82, 2.24) is 0 Å². The Balaban J connectivity index is 0. The second kappa shape index (κ2) is 10.2. The third kappa shape index (κ3) is 6.23. The summed E-state index contributed by atoms with van der Waals surface area (Å²) in [7, 11) is -1.69. The van der Waals surface area contributed by atoms with Crippen LogP contribution >= 0.6 is 0 Å². The molecule has 16 heavy (non-hydrogen) atoms. The number of rotatable bonds is 6. The van der Waals surface area contributed by atoms with Gasteiger partial charge >= 0.3 is 18.9 Å². The molecule has 0 bridgehead atoms. The van der Waals surface area contributed by atoms with E-state index in [1.807, 2.05) is 0 Å². The molecule has 0 aliphatic rings. The fraction of sp³-hybridized carbons (Fsp3) is 1.00. The number of nitrogens with zero attached hydrogens (tertiary/aromatic N) is 3. The summed E-state index contributed by atoms with van der Waals surface area (Å²) in [5, 5.41) is 0. The maximum Gasteiger partial charge on any atom is 1.00 e. The molecular weight excluding hydrogens is 290 g/mol. The Bertz CT molecular complexity index is 238. The zero-order chi connectivity index (χ0) is 12.0. The van der Waals surface area contributed by atoms with Crippen LogP contribution < -0.4 is 18.9 Å². The summed E-state index contributed by atoms with van der Waals surface area (Å²) < 4.78 is 4.07. The largest absolute Gasteiger partial charge is 1.00 e. The zero-order valence-electron chi connectivity index (χ0n) is 11.8. The van der Waals surface area contributed by atoms with E-state index < -0.39 is 24.1 Å². The van der Waals surface area contributed by atoms with Crippen LogP contribution in [-0.4, -0.2) is 48.8 Å². The summed E-state index contributed by atoms with van der Waals surface area (Å²) in [6.45, 7) is 15.1. The van der Waals surface area contributed by atoms with Crippen molar-refractivity contribution in [1.29, 1.82) is 0 Å². The van der Waals surface area contributed by atoms with Crippen LogP contribution in [0.4, 0.5) is 0 Å². The van der Waals surface area contributed by atoms with E-state index in [4.69, 9.17) is 5.53 Å². The van der Waals surface area contributed by atoms with Crippen molar-refractivity contribution in [2.24, 2.45) is 4.78 Å². The molecule has 0 spiro atoms. The van der Waals surface area contributed by atoms with E-state index in [9.17, 15) is 0 Å². The molecule has 0 radical (unpaired) electrons. The van der Waals surface area contributed by atoms with Crippen molar-refractivity contribution in [2.75, 3.05) is 0 Å². The summed E-state index contributed by atoms with van der Waals surface area (Å²) >= 11 is 0.